The Labute approximate surface area is 152 Å². The molecule has 3 aromatic rings. The molecular weight excluding hydrogens is 330 g/mol. The summed E-state index contributed by atoms with van der Waals surface area (Å²) in [5.41, 5.74) is 2.23. The van der Waals surface area contributed by atoms with Gasteiger partial charge in [0.2, 0.25) is 0 Å². The van der Waals surface area contributed by atoms with Gasteiger partial charge in [-0.15, -0.1) is 0 Å². The first-order chi connectivity index (χ1) is 12.6. The molecule has 0 unspecified atom stereocenters. The fourth-order valence-corrected chi connectivity index (χ4v) is 2.61. The molecule has 134 valence electrons. The van der Waals surface area contributed by atoms with Crippen LogP contribution >= 0.6 is 0 Å². The molecule has 1 aromatic heterocycles. The van der Waals surface area contributed by atoms with Gasteiger partial charge >= 0.3 is 0 Å². The third kappa shape index (κ3) is 3.54. The Morgan fingerprint density at radius 2 is 1.92 bits per heavy atom. The predicted molar refractivity (Wildman–Crippen MR) is 100 cm³/mol. The number of methoxy groups -OCH3 is 1. The van der Waals surface area contributed by atoms with Crippen LogP contribution in [0, 0.1) is 6.92 Å². The first kappa shape index (κ1) is 17.5. The molecule has 0 aliphatic rings. The summed E-state index contributed by atoms with van der Waals surface area (Å²) in [4.78, 5) is 12.7. The molecule has 2 aromatic carbocycles. The number of benzene rings is 2. The van der Waals surface area contributed by atoms with Crippen molar-refractivity contribution in [1.29, 1.82) is 0 Å². The van der Waals surface area contributed by atoms with E-state index in [-0.39, 0.29) is 5.91 Å². The van der Waals surface area contributed by atoms with Gasteiger partial charge in [-0.3, -0.25) is 4.79 Å². The Kier molecular flexibility index (Phi) is 5.22. The quantitative estimate of drug-likeness (QED) is 0.733. The van der Waals surface area contributed by atoms with Gasteiger partial charge in [0, 0.05) is 11.1 Å². The van der Waals surface area contributed by atoms with Crippen LogP contribution in [0.4, 0.5) is 5.82 Å². The lowest BCUT2D eigenvalue weighted by molar-refractivity contribution is 0.102. The van der Waals surface area contributed by atoms with Crippen LogP contribution in [0.15, 0.2) is 54.7 Å². The highest BCUT2D eigenvalue weighted by atomic mass is 16.5. The lowest BCUT2D eigenvalue weighted by atomic mass is 10.2. The monoisotopic (exact) mass is 351 g/mol. The summed E-state index contributed by atoms with van der Waals surface area (Å²) in [6.45, 7) is 4.33. The van der Waals surface area contributed by atoms with Crippen molar-refractivity contribution in [3.05, 3.63) is 65.9 Å². The van der Waals surface area contributed by atoms with Gasteiger partial charge in [0.15, 0.2) is 11.5 Å². The molecule has 3 rings (SSSR count). The minimum absolute atomic E-state index is 0.243. The fourth-order valence-electron chi connectivity index (χ4n) is 2.61. The van der Waals surface area contributed by atoms with Gasteiger partial charge in [-0.1, -0.05) is 18.2 Å². The summed E-state index contributed by atoms with van der Waals surface area (Å²) in [6.07, 6.45) is 1.72. The first-order valence-electron chi connectivity index (χ1n) is 8.36. The van der Waals surface area contributed by atoms with Crippen molar-refractivity contribution in [2.75, 3.05) is 19.0 Å². The summed E-state index contributed by atoms with van der Waals surface area (Å²) in [6, 6.07) is 14.8. The average molecular weight is 351 g/mol. The van der Waals surface area contributed by atoms with Gasteiger partial charge in [0.1, 0.15) is 5.82 Å². The molecular formula is C20H21N3O3. The van der Waals surface area contributed by atoms with E-state index in [2.05, 4.69) is 10.4 Å². The maximum atomic E-state index is 12.7. The number of nitrogens with zero attached hydrogens (tertiary/aromatic N) is 2. The van der Waals surface area contributed by atoms with E-state index >= 15 is 0 Å². The maximum Gasteiger partial charge on any atom is 0.256 e. The number of anilines is 1. The summed E-state index contributed by atoms with van der Waals surface area (Å²) < 4.78 is 12.5. The van der Waals surface area contributed by atoms with Crippen LogP contribution in [0.1, 0.15) is 22.8 Å². The molecule has 0 radical (unpaired) electrons. The highest BCUT2D eigenvalue weighted by Gasteiger charge is 2.16. The minimum atomic E-state index is -0.243. The van der Waals surface area contributed by atoms with Crippen molar-refractivity contribution in [2.45, 2.75) is 13.8 Å². The third-order valence-electron chi connectivity index (χ3n) is 3.91. The van der Waals surface area contributed by atoms with Gasteiger partial charge in [0.05, 0.1) is 25.6 Å². The van der Waals surface area contributed by atoms with Crippen LogP contribution in [-0.4, -0.2) is 29.4 Å². The largest absolute Gasteiger partial charge is 0.493 e. The topological polar surface area (TPSA) is 65.4 Å². The third-order valence-corrected chi connectivity index (χ3v) is 3.91. The SMILES string of the molecule is CCOc1ccc(C(=O)Nc2c(C)cnn2-c2ccccc2)cc1OC. The lowest BCUT2D eigenvalue weighted by Gasteiger charge is -2.13. The number of carbonyl (C=O) groups excluding carboxylic acids is 1. The van der Waals surface area contributed by atoms with Crippen LogP contribution in [0.5, 0.6) is 11.5 Å². The molecule has 0 aliphatic heterocycles. The van der Waals surface area contributed by atoms with Crippen LogP contribution < -0.4 is 14.8 Å². The predicted octanol–water partition coefficient (Wildman–Crippen LogP) is 3.84. The lowest BCUT2D eigenvalue weighted by Crippen LogP contribution is -2.16. The van der Waals surface area contributed by atoms with Crippen molar-refractivity contribution < 1.29 is 14.3 Å². The van der Waals surface area contributed by atoms with Crippen LogP contribution in [0.3, 0.4) is 0 Å². The zero-order valence-electron chi connectivity index (χ0n) is 15.0. The summed E-state index contributed by atoms with van der Waals surface area (Å²) >= 11 is 0. The Hall–Kier alpha value is -3.28. The van der Waals surface area contributed by atoms with Crippen LogP contribution in [0.2, 0.25) is 0 Å². The summed E-state index contributed by atoms with van der Waals surface area (Å²) in [5, 5.41) is 7.30. The average Bonchev–Trinajstić information content (AvgIpc) is 3.03. The van der Waals surface area contributed by atoms with E-state index in [0.717, 1.165) is 11.3 Å². The Morgan fingerprint density at radius 1 is 1.15 bits per heavy atom. The molecule has 0 aliphatic carbocycles. The van der Waals surface area contributed by atoms with E-state index in [1.807, 2.05) is 44.2 Å². The van der Waals surface area contributed by atoms with Crippen molar-refractivity contribution >= 4 is 11.7 Å². The second-order valence-electron chi connectivity index (χ2n) is 5.68. The van der Waals surface area contributed by atoms with Crippen LogP contribution in [0.25, 0.3) is 5.69 Å². The Balaban J connectivity index is 1.88. The summed E-state index contributed by atoms with van der Waals surface area (Å²) in [5.74, 6) is 1.52. The fraction of sp³-hybridized carbons (Fsp3) is 0.200. The molecule has 0 saturated heterocycles. The number of aryl methyl sites for hydroxylation is 1. The number of hydrogen-bond donors (Lipinski definition) is 1. The summed E-state index contributed by atoms with van der Waals surface area (Å²) in [7, 11) is 1.55. The van der Waals surface area contributed by atoms with E-state index in [9.17, 15) is 4.79 Å². The van der Waals surface area contributed by atoms with Gasteiger partial charge in [0.25, 0.3) is 5.91 Å². The molecule has 0 fully saturated rings. The molecule has 0 bridgehead atoms. The van der Waals surface area contributed by atoms with E-state index in [1.54, 1.807) is 36.2 Å². The molecule has 6 nitrogen and oxygen atoms in total. The molecule has 1 heterocycles. The van der Waals surface area contributed by atoms with E-state index in [0.29, 0.717) is 29.5 Å². The second-order valence-corrected chi connectivity index (χ2v) is 5.68. The number of nitrogens with one attached hydrogen (secondary N) is 1. The van der Waals surface area contributed by atoms with E-state index in [4.69, 9.17) is 9.47 Å². The van der Waals surface area contributed by atoms with E-state index < -0.39 is 0 Å². The molecule has 0 spiro atoms. The second kappa shape index (κ2) is 7.74. The molecule has 0 saturated carbocycles. The number of carbonyl (C=O) groups is 1. The molecule has 0 atom stereocenters. The number of rotatable bonds is 6. The molecule has 1 amide bonds. The van der Waals surface area contributed by atoms with Crippen molar-refractivity contribution in [3.63, 3.8) is 0 Å². The molecule has 6 heteroatoms. The van der Waals surface area contributed by atoms with Gasteiger partial charge < -0.3 is 14.8 Å². The highest BCUT2D eigenvalue weighted by molar-refractivity contribution is 6.04. The van der Waals surface area contributed by atoms with Crippen molar-refractivity contribution in [3.8, 4) is 17.2 Å². The Bertz CT molecular complexity index is 904. The number of ether oxygens (including phenoxy) is 2. The maximum absolute atomic E-state index is 12.7. The van der Waals surface area contributed by atoms with Crippen molar-refractivity contribution in [1.82, 2.24) is 9.78 Å². The molecule has 1 N–H and O–H groups in total. The van der Waals surface area contributed by atoms with Gasteiger partial charge in [-0.2, -0.15) is 5.10 Å². The van der Waals surface area contributed by atoms with Gasteiger partial charge in [-0.25, -0.2) is 4.68 Å². The first-order valence-corrected chi connectivity index (χ1v) is 8.36. The number of amides is 1. The number of hydrogen-bond acceptors (Lipinski definition) is 4. The minimum Gasteiger partial charge on any atom is -0.493 e. The molecule has 26 heavy (non-hydrogen) atoms. The number of para-hydroxylation sites is 1. The zero-order valence-corrected chi connectivity index (χ0v) is 15.0. The smallest absolute Gasteiger partial charge is 0.256 e. The standard InChI is InChI=1S/C20H21N3O3/c1-4-26-17-11-10-15(12-18(17)25-3)20(24)22-19-14(2)13-21-23(19)16-8-6-5-7-9-16/h5-13H,4H2,1-3H3,(H,22,24). The van der Waals surface area contributed by atoms with Crippen molar-refractivity contribution in [2.24, 2.45) is 0 Å². The van der Waals surface area contributed by atoms with E-state index in [1.165, 1.54) is 0 Å². The Morgan fingerprint density at radius 3 is 2.62 bits per heavy atom. The normalized spacial score (nSPS) is 10.4. The zero-order chi connectivity index (χ0) is 18.5. The highest BCUT2D eigenvalue weighted by Crippen LogP contribution is 2.28. The van der Waals surface area contributed by atoms with Crippen LogP contribution in [-0.2, 0) is 0 Å². The van der Waals surface area contributed by atoms with Gasteiger partial charge in [-0.05, 0) is 44.2 Å². The number of aromatic nitrogens is 2.